The topological polar surface area (TPSA) is 175 Å². The first kappa shape index (κ1) is 66.9. The maximum Gasteiger partial charge on any atom is 0.335 e. The fourth-order valence-corrected chi connectivity index (χ4v) is 8.10. The van der Waals surface area contributed by atoms with Crippen molar-refractivity contribution in [2.24, 2.45) is 0 Å². The van der Waals surface area contributed by atoms with E-state index in [1.54, 1.807) is 0 Å². The predicted molar refractivity (Wildman–Crippen MR) is 294 cm³/mol. The van der Waals surface area contributed by atoms with Crippen LogP contribution >= 0.6 is 0 Å². The van der Waals surface area contributed by atoms with Crippen molar-refractivity contribution >= 4 is 23.9 Å². The van der Waals surface area contributed by atoms with E-state index in [1.807, 2.05) is 0 Å². The number of carboxylic acid groups (broad SMARTS) is 1. The number of aliphatic hydroxyl groups excluding tert-OH is 2. The Morgan fingerprint density at radius 3 is 1.34 bits per heavy atom. The van der Waals surface area contributed by atoms with Gasteiger partial charge in [0, 0.05) is 19.3 Å². The molecule has 6 atom stereocenters. The lowest BCUT2D eigenvalue weighted by Crippen LogP contribution is -2.61. The van der Waals surface area contributed by atoms with Crippen LogP contribution in [0.25, 0.3) is 0 Å². The van der Waals surface area contributed by atoms with E-state index in [4.69, 9.17) is 23.7 Å². The molecule has 0 saturated carbocycles. The van der Waals surface area contributed by atoms with Gasteiger partial charge in [0.25, 0.3) is 0 Å². The molecule has 0 aromatic rings. The zero-order valence-electron chi connectivity index (χ0n) is 45.6. The second kappa shape index (κ2) is 48.8. The second-order valence-corrected chi connectivity index (χ2v) is 19.2. The van der Waals surface area contributed by atoms with Gasteiger partial charge in [0.1, 0.15) is 18.8 Å². The van der Waals surface area contributed by atoms with Gasteiger partial charge in [-0.2, -0.15) is 0 Å². The summed E-state index contributed by atoms with van der Waals surface area (Å²) in [5, 5.41) is 31.4. The third-order valence-corrected chi connectivity index (χ3v) is 12.4. The van der Waals surface area contributed by atoms with E-state index in [9.17, 15) is 34.5 Å². The predicted octanol–water partition coefficient (Wildman–Crippen LogP) is 14.3. The number of carbonyl (C=O) groups excluding carboxylic acids is 3. The number of allylic oxidation sites excluding steroid dienone is 14. The summed E-state index contributed by atoms with van der Waals surface area (Å²) in [6.45, 7) is 5.71. The van der Waals surface area contributed by atoms with E-state index in [1.165, 1.54) is 38.5 Å². The number of ether oxygens (including phenoxy) is 5. The zero-order chi connectivity index (χ0) is 53.3. The van der Waals surface area contributed by atoms with Crippen molar-refractivity contribution in [3.8, 4) is 0 Å². The number of carbonyl (C=O) groups is 4. The fourth-order valence-electron chi connectivity index (χ4n) is 8.10. The molecule has 12 heteroatoms. The number of unbranched alkanes of at least 4 members (excludes halogenated alkanes) is 19. The highest BCUT2D eigenvalue weighted by atomic mass is 16.7. The van der Waals surface area contributed by atoms with Crippen LogP contribution in [0.5, 0.6) is 0 Å². The summed E-state index contributed by atoms with van der Waals surface area (Å²) in [7, 11) is 0. The second-order valence-electron chi connectivity index (χ2n) is 19.2. The first-order valence-electron chi connectivity index (χ1n) is 28.6. The van der Waals surface area contributed by atoms with Gasteiger partial charge >= 0.3 is 23.9 Å². The van der Waals surface area contributed by atoms with Crippen molar-refractivity contribution in [1.82, 2.24) is 0 Å². The molecule has 1 saturated heterocycles. The number of carboxylic acids is 1. The minimum absolute atomic E-state index is 0.0197. The summed E-state index contributed by atoms with van der Waals surface area (Å²) in [4.78, 5) is 51.0. The Morgan fingerprint density at radius 1 is 0.466 bits per heavy atom. The first-order valence-corrected chi connectivity index (χ1v) is 28.6. The molecule has 0 aromatic carbocycles. The summed E-state index contributed by atoms with van der Waals surface area (Å²) < 4.78 is 28.3. The number of hydrogen-bond acceptors (Lipinski definition) is 11. The van der Waals surface area contributed by atoms with Crippen LogP contribution in [-0.4, -0.2) is 89.2 Å². The Balaban J connectivity index is 2.74. The Labute approximate surface area is 441 Å². The van der Waals surface area contributed by atoms with Crippen molar-refractivity contribution < 1.29 is 58.2 Å². The Kier molecular flexibility index (Phi) is 44.7. The quantitative estimate of drug-likeness (QED) is 0.0228. The molecule has 6 unspecified atom stereocenters. The van der Waals surface area contributed by atoms with Crippen LogP contribution in [0.1, 0.15) is 226 Å². The van der Waals surface area contributed by atoms with Crippen molar-refractivity contribution in [2.45, 2.75) is 263 Å². The smallest absolute Gasteiger partial charge is 0.335 e. The van der Waals surface area contributed by atoms with Gasteiger partial charge in [-0.3, -0.25) is 14.4 Å². The summed E-state index contributed by atoms with van der Waals surface area (Å²) in [6, 6.07) is 0. The third-order valence-electron chi connectivity index (χ3n) is 12.4. The molecule has 0 aliphatic carbocycles. The Morgan fingerprint density at radius 2 is 0.863 bits per heavy atom. The zero-order valence-corrected chi connectivity index (χ0v) is 45.6. The van der Waals surface area contributed by atoms with Gasteiger partial charge in [-0.15, -0.1) is 0 Å². The SMILES string of the molecule is CC/C=C\C/C=C\C/C=C\CCCCCCCC(=O)OCC(COC1OC(C(=O)O)C(O)C(O)C1OC(=O)CCCCC/C=C\C/C=C\C/C=C\CC)OC(=O)CCCCCCC/C=C\CCCCCCCC. The molecule has 416 valence electrons. The van der Waals surface area contributed by atoms with Crippen molar-refractivity contribution in [3.63, 3.8) is 0 Å². The molecule has 0 aromatic heterocycles. The number of hydrogen-bond donors (Lipinski definition) is 3. The molecule has 12 nitrogen and oxygen atoms in total. The molecular weight excluding hydrogens is 925 g/mol. The number of aliphatic carboxylic acids is 1. The molecule has 1 rings (SSSR count). The lowest BCUT2D eigenvalue weighted by atomic mass is 9.98. The highest BCUT2D eigenvalue weighted by molar-refractivity contribution is 5.74. The number of aliphatic hydroxyl groups is 2. The van der Waals surface area contributed by atoms with Gasteiger partial charge in [-0.05, 0) is 109 Å². The summed E-state index contributed by atoms with van der Waals surface area (Å²) >= 11 is 0. The molecule has 0 amide bonds. The molecule has 0 spiro atoms. The van der Waals surface area contributed by atoms with E-state index < -0.39 is 67.3 Å². The molecule has 1 fully saturated rings. The van der Waals surface area contributed by atoms with Crippen molar-refractivity contribution in [3.05, 3.63) is 85.1 Å². The lowest BCUT2D eigenvalue weighted by molar-refractivity contribution is -0.301. The van der Waals surface area contributed by atoms with Crippen LogP contribution in [0.4, 0.5) is 0 Å². The maximum absolute atomic E-state index is 13.1. The highest BCUT2D eigenvalue weighted by Gasteiger charge is 2.50. The van der Waals surface area contributed by atoms with Crippen LogP contribution in [0.15, 0.2) is 85.1 Å². The molecule has 3 N–H and O–H groups in total. The van der Waals surface area contributed by atoms with Crippen LogP contribution in [0.2, 0.25) is 0 Å². The van der Waals surface area contributed by atoms with Gasteiger partial charge in [0.2, 0.25) is 0 Å². The Hall–Kier alpha value is -4.10. The van der Waals surface area contributed by atoms with Gasteiger partial charge in [-0.1, -0.05) is 183 Å². The largest absolute Gasteiger partial charge is 0.479 e. The minimum Gasteiger partial charge on any atom is -0.479 e. The van der Waals surface area contributed by atoms with Gasteiger partial charge in [-0.25, -0.2) is 4.79 Å². The molecule has 0 radical (unpaired) electrons. The van der Waals surface area contributed by atoms with E-state index in [0.29, 0.717) is 19.3 Å². The van der Waals surface area contributed by atoms with Crippen LogP contribution in [-0.2, 0) is 42.9 Å². The van der Waals surface area contributed by atoms with Gasteiger partial charge in [0.15, 0.2) is 24.6 Å². The van der Waals surface area contributed by atoms with Gasteiger partial charge < -0.3 is 39.0 Å². The van der Waals surface area contributed by atoms with E-state index in [2.05, 4.69) is 106 Å². The van der Waals surface area contributed by atoms with E-state index in [-0.39, 0.29) is 25.9 Å². The third kappa shape index (κ3) is 39.0. The maximum atomic E-state index is 13.1. The summed E-state index contributed by atoms with van der Waals surface area (Å²) in [6.07, 6.45) is 49.9. The molecule has 1 aliphatic heterocycles. The molecule has 1 heterocycles. The van der Waals surface area contributed by atoms with E-state index >= 15 is 0 Å². The van der Waals surface area contributed by atoms with Gasteiger partial charge in [0.05, 0.1) is 6.61 Å². The summed E-state index contributed by atoms with van der Waals surface area (Å²) in [5.74, 6) is -3.20. The minimum atomic E-state index is -1.92. The number of rotatable bonds is 47. The van der Waals surface area contributed by atoms with Crippen LogP contribution < -0.4 is 0 Å². The van der Waals surface area contributed by atoms with Crippen molar-refractivity contribution in [2.75, 3.05) is 13.2 Å². The highest BCUT2D eigenvalue weighted by Crippen LogP contribution is 2.26. The standard InChI is InChI=1S/C61H100O12/c1-4-7-10-13-16-19-22-25-27-30-32-35-38-41-44-47-53(62)69-50-52(71-54(63)48-45-42-39-36-34-31-28-26-23-20-17-14-11-8-5-2)51-70-61-59(57(66)56(65)58(73-61)60(67)68)72-55(64)49-46-43-40-37-33-29-24-21-18-15-12-9-6-3/h7,9-10,12,16,18-19,21,25-29,33,52,56-59,61,65-66H,4-6,8,11,13-15,17,20,22-24,30-32,34-51H2,1-3H3,(H,67,68)/b10-7-,12-9-,19-16-,21-18-,27-25-,28-26-,33-29-. The molecular formula is C61H100O12. The Bertz CT molecular complexity index is 1590. The molecule has 73 heavy (non-hydrogen) atoms. The average Bonchev–Trinajstić information content (AvgIpc) is 3.37. The van der Waals surface area contributed by atoms with Crippen LogP contribution in [0, 0.1) is 0 Å². The first-order chi connectivity index (χ1) is 35.6. The average molecular weight is 1030 g/mol. The normalized spacial score (nSPS) is 18.9. The monoisotopic (exact) mass is 1020 g/mol. The summed E-state index contributed by atoms with van der Waals surface area (Å²) in [5.41, 5.74) is 0. The van der Waals surface area contributed by atoms with Crippen molar-refractivity contribution in [1.29, 1.82) is 0 Å². The lowest BCUT2D eigenvalue weighted by Gasteiger charge is -2.40. The van der Waals surface area contributed by atoms with E-state index in [0.717, 1.165) is 128 Å². The molecule has 1 aliphatic rings. The molecule has 0 bridgehead atoms. The fraction of sp³-hybridized carbons (Fsp3) is 0.705. The number of esters is 3. The van der Waals surface area contributed by atoms with Crippen LogP contribution in [0.3, 0.4) is 0 Å².